The molecule has 37 heavy (non-hydrogen) atoms. The smallest absolute Gasteiger partial charge is 0.286 e. The van der Waals surface area contributed by atoms with Crippen molar-refractivity contribution < 1.29 is 13.2 Å². The van der Waals surface area contributed by atoms with E-state index in [2.05, 4.69) is 76.0 Å². The van der Waals surface area contributed by atoms with Crippen LogP contribution in [0.15, 0.2) is 85.2 Å². The molecule has 2 aromatic carbocycles. The summed E-state index contributed by atoms with van der Waals surface area (Å²) in [7, 11) is 0. The largest absolute Gasteiger partial charge is 0.433 e. The van der Waals surface area contributed by atoms with E-state index >= 15 is 0 Å². The summed E-state index contributed by atoms with van der Waals surface area (Å²) < 4.78 is 37.2. The van der Waals surface area contributed by atoms with Crippen molar-refractivity contribution in [2.24, 2.45) is 0 Å². The Hall–Kier alpha value is -3.71. The van der Waals surface area contributed by atoms with Crippen molar-refractivity contribution in [1.29, 1.82) is 0 Å². The van der Waals surface area contributed by atoms with Crippen LogP contribution in [0.3, 0.4) is 0 Å². The number of fused-ring (bicyclic) bond motifs is 1. The van der Waals surface area contributed by atoms with Gasteiger partial charge in [0.15, 0.2) is 5.65 Å². The van der Waals surface area contributed by atoms with Gasteiger partial charge in [-0.1, -0.05) is 86.5 Å². The highest BCUT2D eigenvalue weighted by Crippen LogP contribution is 2.36. The van der Waals surface area contributed by atoms with Crippen LogP contribution in [0.5, 0.6) is 0 Å². The molecule has 0 saturated heterocycles. The highest BCUT2D eigenvalue weighted by molar-refractivity contribution is 6.33. The first-order chi connectivity index (χ1) is 17.8. The van der Waals surface area contributed by atoms with Crippen molar-refractivity contribution in [3.05, 3.63) is 107 Å². The molecular formula is C29H28ClF3N4. The summed E-state index contributed by atoms with van der Waals surface area (Å²) in [5.74, 6) is 0.943. The molecule has 0 amide bonds. The molecule has 0 aliphatic rings. The van der Waals surface area contributed by atoms with E-state index in [0.29, 0.717) is 0 Å². The molecule has 5 aromatic rings. The zero-order chi connectivity index (χ0) is 27.0. The molecule has 0 radical (unpaired) electrons. The van der Waals surface area contributed by atoms with Gasteiger partial charge in [0, 0.05) is 35.0 Å². The molecule has 3 heterocycles. The number of alkyl halides is 3. The van der Waals surface area contributed by atoms with Crippen molar-refractivity contribution in [2.75, 3.05) is 0 Å². The number of halogens is 4. The Balaban J connectivity index is 0.000000266. The SMILES string of the molecule is CC.CCc1nnc2cc(-c3ccc(C)cc3)c(-c3ccccc3Cl)cn12.FC(F)(F)c1ccccn1. The average Bonchev–Trinajstić information content (AvgIpc) is 3.32. The second kappa shape index (κ2) is 12.5. The van der Waals surface area contributed by atoms with Gasteiger partial charge in [0.25, 0.3) is 0 Å². The number of aryl methyl sites for hydroxylation is 2. The van der Waals surface area contributed by atoms with Gasteiger partial charge < -0.3 is 0 Å². The van der Waals surface area contributed by atoms with E-state index < -0.39 is 11.9 Å². The first-order valence-corrected chi connectivity index (χ1v) is 12.3. The Bertz CT molecular complexity index is 1430. The molecule has 192 valence electrons. The van der Waals surface area contributed by atoms with Crippen molar-refractivity contribution in [3.8, 4) is 22.3 Å². The van der Waals surface area contributed by atoms with Crippen LogP contribution in [0.2, 0.25) is 5.02 Å². The third-order valence-electron chi connectivity index (χ3n) is 5.41. The second-order valence-corrected chi connectivity index (χ2v) is 8.26. The van der Waals surface area contributed by atoms with Crippen LogP contribution < -0.4 is 0 Å². The van der Waals surface area contributed by atoms with Gasteiger partial charge in [-0.2, -0.15) is 13.2 Å². The minimum atomic E-state index is -4.32. The van der Waals surface area contributed by atoms with E-state index in [0.717, 1.165) is 57.4 Å². The fourth-order valence-corrected chi connectivity index (χ4v) is 3.86. The lowest BCUT2D eigenvalue weighted by atomic mass is 9.95. The van der Waals surface area contributed by atoms with Crippen LogP contribution in [0.1, 0.15) is 37.9 Å². The van der Waals surface area contributed by atoms with E-state index in [1.54, 1.807) is 0 Å². The standard InChI is InChI=1S/C21H18ClN3.C6H4F3N.C2H6/c1-3-20-23-24-21-12-17(15-10-8-14(2)9-11-15)18(13-25(20)21)16-6-4-5-7-19(16)22;7-6(8,9)5-3-1-2-4-10-5;1-2/h4-13H,3H2,1-2H3;1-4H;1-2H3. The molecule has 0 aliphatic heterocycles. The quantitative estimate of drug-likeness (QED) is 0.237. The molecule has 0 saturated carbocycles. The summed E-state index contributed by atoms with van der Waals surface area (Å²) in [6.07, 6.45) is -0.276. The highest BCUT2D eigenvalue weighted by atomic mass is 35.5. The van der Waals surface area contributed by atoms with Gasteiger partial charge in [0.05, 0.1) is 0 Å². The van der Waals surface area contributed by atoms with E-state index in [-0.39, 0.29) is 0 Å². The predicted molar refractivity (Wildman–Crippen MR) is 144 cm³/mol. The maximum absolute atomic E-state index is 11.7. The Morgan fingerprint density at radius 1 is 0.838 bits per heavy atom. The fraction of sp³-hybridized carbons (Fsp3) is 0.207. The van der Waals surface area contributed by atoms with Gasteiger partial charge in [0.2, 0.25) is 0 Å². The van der Waals surface area contributed by atoms with Crippen molar-refractivity contribution >= 4 is 17.2 Å². The third kappa shape index (κ3) is 6.74. The molecular weight excluding hydrogens is 497 g/mol. The molecule has 8 heteroatoms. The summed E-state index contributed by atoms with van der Waals surface area (Å²) in [6.45, 7) is 8.17. The molecule has 4 nitrogen and oxygen atoms in total. The summed E-state index contributed by atoms with van der Waals surface area (Å²) in [5.41, 5.74) is 5.58. The van der Waals surface area contributed by atoms with E-state index in [1.807, 2.05) is 32.0 Å². The zero-order valence-electron chi connectivity index (χ0n) is 21.1. The predicted octanol–water partition coefficient (Wildman–Crippen LogP) is 8.71. The summed E-state index contributed by atoms with van der Waals surface area (Å²) >= 11 is 6.50. The number of benzene rings is 2. The van der Waals surface area contributed by atoms with Crippen molar-refractivity contribution in [2.45, 2.75) is 40.3 Å². The second-order valence-electron chi connectivity index (χ2n) is 7.86. The number of hydrogen-bond acceptors (Lipinski definition) is 3. The minimum absolute atomic E-state index is 0.737. The Morgan fingerprint density at radius 3 is 2.08 bits per heavy atom. The molecule has 5 rings (SSSR count). The topological polar surface area (TPSA) is 43.1 Å². The maximum Gasteiger partial charge on any atom is 0.433 e. The van der Waals surface area contributed by atoms with Crippen LogP contribution in [-0.2, 0) is 12.6 Å². The van der Waals surface area contributed by atoms with Gasteiger partial charge in [-0.05, 0) is 42.3 Å². The number of nitrogens with zero attached hydrogens (tertiary/aromatic N) is 4. The molecule has 0 fully saturated rings. The minimum Gasteiger partial charge on any atom is -0.286 e. The molecule has 0 bridgehead atoms. The van der Waals surface area contributed by atoms with Crippen LogP contribution in [0, 0.1) is 6.92 Å². The third-order valence-corrected chi connectivity index (χ3v) is 5.74. The van der Waals surface area contributed by atoms with Gasteiger partial charge >= 0.3 is 6.18 Å². The number of pyridine rings is 2. The molecule has 0 N–H and O–H groups in total. The number of hydrogen-bond donors (Lipinski definition) is 0. The lowest BCUT2D eigenvalue weighted by molar-refractivity contribution is -0.141. The lowest BCUT2D eigenvalue weighted by Gasteiger charge is -2.13. The van der Waals surface area contributed by atoms with Crippen LogP contribution in [0.4, 0.5) is 13.2 Å². The van der Waals surface area contributed by atoms with Gasteiger partial charge in [-0.25, -0.2) is 0 Å². The van der Waals surface area contributed by atoms with Crippen molar-refractivity contribution in [1.82, 2.24) is 19.6 Å². The fourth-order valence-electron chi connectivity index (χ4n) is 3.62. The number of rotatable bonds is 3. The van der Waals surface area contributed by atoms with Crippen LogP contribution in [0.25, 0.3) is 27.9 Å². The maximum atomic E-state index is 11.7. The van der Waals surface area contributed by atoms with Gasteiger partial charge in [-0.3, -0.25) is 9.38 Å². The molecule has 0 aliphatic carbocycles. The highest BCUT2D eigenvalue weighted by Gasteiger charge is 2.31. The Kier molecular flexibility index (Phi) is 9.42. The zero-order valence-corrected chi connectivity index (χ0v) is 21.8. The van der Waals surface area contributed by atoms with E-state index in [9.17, 15) is 13.2 Å². The lowest BCUT2D eigenvalue weighted by Crippen LogP contribution is -2.06. The van der Waals surface area contributed by atoms with E-state index in [1.165, 1.54) is 17.7 Å². The summed E-state index contributed by atoms with van der Waals surface area (Å²) in [4.78, 5) is 3.12. The van der Waals surface area contributed by atoms with Gasteiger partial charge in [-0.15, -0.1) is 10.2 Å². The first kappa shape index (κ1) is 27.9. The molecule has 3 aromatic heterocycles. The van der Waals surface area contributed by atoms with E-state index in [4.69, 9.17) is 11.6 Å². The van der Waals surface area contributed by atoms with Crippen LogP contribution >= 0.6 is 11.6 Å². The molecule has 0 spiro atoms. The Labute approximate surface area is 219 Å². The molecule has 0 atom stereocenters. The number of aromatic nitrogens is 4. The van der Waals surface area contributed by atoms with Crippen LogP contribution in [-0.4, -0.2) is 19.6 Å². The summed E-state index contributed by atoms with van der Waals surface area (Å²) in [6, 6.07) is 22.2. The Morgan fingerprint density at radius 2 is 1.51 bits per heavy atom. The normalized spacial score (nSPS) is 10.8. The monoisotopic (exact) mass is 524 g/mol. The van der Waals surface area contributed by atoms with Gasteiger partial charge in [0.1, 0.15) is 11.5 Å². The molecule has 0 unspecified atom stereocenters. The average molecular weight is 525 g/mol. The van der Waals surface area contributed by atoms with Crippen molar-refractivity contribution in [3.63, 3.8) is 0 Å². The first-order valence-electron chi connectivity index (χ1n) is 12.0. The summed E-state index contributed by atoms with van der Waals surface area (Å²) in [5, 5.41) is 9.37.